The number of rotatable bonds is 2. The minimum Gasteiger partial charge on any atom is -0.399 e. The van der Waals surface area contributed by atoms with Crippen LogP contribution in [0.15, 0.2) is 6.20 Å². The summed E-state index contributed by atoms with van der Waals surface area (Å²) in [5.41, 5.74) is -0.563. The van der Waals surface area contributed by atoms with E-state index in [1.54, 1.807) is 11.3 Å². The lowest BCUT2D eigenvalue weighted by atomic mass is 9.89. The van der Waals surface area contributed by atoms with Crippen molar-refractivity contribution in [2.45, 2.75) is 44.2 Å². The van der Waals surface area contributed by atoms with Crippen molar-refractivity contribution in [1.29, 1.82) is 0 Å². The van der Waals surface area contributed by atoms with Crippen LogP contribution >= 0.6 is 27.3 Å². The summed E-state index contributed by atoms with van der Waals surface area (Å²) in [5.74, 6) is 0. The summed E-state index contributed by atoms with van der Waals surface area (Å²) in [7, 11) is -0.282. The normalized spacial score (nSPS) is 22.7. The summed E-state index contributed by atoms with van der Waals surface area (Å²) in [6.45, 7) is 8.22. The highest BCUT2D eigenvalue weighted by molar-refractivity contribution is 9.08. The van der Waals surface area contributed by atoms with Crippen LogP contribution in [0.5, 0.6) is 0 Å². The van der Waals surface area contributed by atoms with Gasteiger partial charge in [0.1, 0.15) is 5.01 Å². The third-order valence-corrected chi connectivity index (χ3v) is 5.09. The zero-order valence-electron chi connectivity index (χ0n) is 9.91. The van der Waals surface area contributed by atoms with Gasteiger partial charge in [-0.1, -0.05) is 15.9 Å². The lowest BCUT2D eigenvalue weighted by Crippen LogP contribution is -2.41. The molecule has 3 nitrogen and oxygen atoms in total. The van der Waals surface area contributed by atoms with Crippen molar-refractivity contribution in [3.63, 3.8) is 0 Å². The zero-order valence-corrected chi connectivity index (χ0v) is 12.3. The number of hydrogen-bond acceptors (Lipinski definition) is 4. The highest BCUT2D eigenvalue weighted by Gasteiger charge is 2.52. The third kappa shape index (κ3) is 2.08. The maximum Gasteiger partial charge on any atom is 0.507 e. The Morgan fingerprint density at radius 2 is 1.88 bits per heavy atom. The molecule has 0 spiro atoms. The first-order chi connectivity index (χ1) is 7.36. The molecule has 0 saturated carbocycles. The Bertz CT molecular complexity index is 378. The Kier molecular flexibility index (Phi) is 3.20. The fraction of sp³-hybridized carbons (Fsp3) is 0.700. The molecular weight excluding hydrogens is 289 g/mol. The summed E-state index contributed by atoms with van der Waals surface area (Å²) < 4.78 is 12.9. The summed E-state index contributed by atoms with van der Waals surface area (Å²) >= 11 is 5.01. The van der Waals surface area contributed by atoms with Gasteiger partial charge in [-0.25, -0.2) is 4.98 Å². The second kappa shape index (κ2) is 4.08. The Morgan fingerprint density at radius 1 is 1.31 bits per heavy atom. The molecule has 0 aliphatic carbocycles. The van der Waals surface area contributed by atoms with E-state index in [0.29, 0.717) is 0 Å². The number of nitrogens with zero attached hydrogens (tertiary/aromatic N) is 1. The van der Waals surface area contributed by atoms with E-state index in [1.807, 2.05) is 6.20 Å². The molecule has 0 radical (unpaired) electrons. The lowest BCUT2D eigenvalue weighted by molar-refractivity contribution is 0.00578. The van der Waals surface area contributed by atoms with E-state index < -0.39 is 0 Å². The predicted octanol–water partition coefficient (Wildman–Crippen LogP) is 2.34. The SMILES string of the molecule is CC1(C)OB(c2cnc(CBr)s2)OC1(C)C. The van der Waals surface area contributed by atoms with Crippen LogP contribution < -0.4 is 4.78 Å². The minimum absolute atomic E-state index is 0.282. The Morgan fingerprint density at radius 3 is 2.31 bits per heavy atom. The van der Waals surface area contributed by atoms with E-state index in [2.05, 4.69) is 48.6 Å². The fourth-order valence-electron chi connectivity index (χ4n) is 1.45. The lowest BCUT2D eigenvalue weighted by Gasteiger charge is -2.32. The summed E-state index contributed by atoms with van der Waals surface area (Å²) in [6, 6.07) is 0. The third-order valence-electron chi connectivity index (χ3n) is 3.17. The molecule has 16 heavy (non-hydrogen) atoms. The van der Waals surface area contributed by atoms with Gasteiger partial charge in [0.05, 0.1) is 21.3 Å². The summed E-state index contributed by atoms with van der Waals surface area (Å²) in [4.78, 5) is 4.29. The topological polar surface area (TPSA) is 31.4 Å². The predicted molar refractivity (Wildman–Crippen MR) is 70.5 cm³/mol. The van der Waals surface area contributed by atoms with Crippen LogP contribution in [0.4, 0.5) is 0 Å². The molecule has 0 aromatic carbocycles. The number of thiazole rings is 1. The van der Waals surface area contributed by atoms with Gasteiger partial charge in [0.2, 0.25) is 0 Å². The first-order valence-electron chi connectivity index (χ1n) is 5.22. The Balaban J connectivity index is 2.20. The molecule has 88 valence electrons. The van der Waals surface area contributed by atoms with Gasteiger partial charge in [-0.15, -0.1) is 11.3 Å². The molecule has 0 N–H and O–H groups in total. The molecule has 1 aromatic rings. The van der Waals surface area contributed by atoms with Gasteiger partial charge in [0.25, 0.3) is 0 Å². The monoisotopic (exact) mass is 303 g/mol. The van der Waals surface area contributed by atoms with Crippen molar-refractivity contribution < 1.29 is 9.31 Å². The first kappa shape index (κ1) is 12.5. The molecule has 0 bridgehead atoms. The van der Waals surface area contributed by atoms with E-state index in [1.165, 1.54) is 0 Å². The quantitative estimate of drug-likeness (QED) is 0.621. The van der Waals surface area contributed by atoms with E-state index in [9.17, 15) is 0 Å². The molecule has 1 aromatic heterocycles. The van der Waals surface area contributed by atoms with E-state index in [4.69, 9.17) is 9.31 Å². The van der Waals surface area contributed by atoms with Crippen LogP contribution in [0.1, 0.15) is 32.7 Å². The standard InChI is InChI=1S/C10H15BBrNO2S/c1-9(2)10(3,4)15-11(14-9)7-6-13-8(5-12)16-7/h6H,5H2,1-4H3. The van der Waals surface area contributed by atoms with Crippen molar-refractivity contribution >= 4 is 39.2 Å². The zero-order chi connectivity index (χ0) is 12.0. The molecule has 1 aliphatic rings. The van der Waals surface area contributed by atoms with Gasteiger partial charge in [-0.3, -0.25) is 0 Å². The molecule has 0 amide bonds. The van der Waals surface area contributed by atoms with Gasteiger partial charge in [-0.05, 0) is 27.7 Å². The smallest absolute Gasteiger partial charge is 0.399 e. The molecule has 2 rings (SSSR count). The molecule has 2 heterocycles. The van der Waals surface area contributed by atoms with E-state index >= 15 is 0 Å². The van der Waals surface area contributed by atoms with Gasteiger partial charge >= 0.3 is 7.12 Å². The van der Waals surface area contributed by atoms with Crippen LogP contribution in [-0.4, -0.2) is 23.3 Å². The average Bonchev–Trinajstić information content (AvgIpc) is 2.70. The first-order valence-corrected chi connectivity index (χ1v) is 7.16. The molecule has 1 saturated heterocycles. The fourth-order valence-corrected chi connectivity index (χ4v) is 2.67. The van der Waals surface area contributed by atoms with Crippen molar-refractivity contribution in [3.05, 3.63) is 11.2 Å². The maximum absolute atomic E-state index is 5.94. The number of halogens is 1. The van der Waals surface area contributed by atoms with Crippen molar-refractivity contribution in [2.75, 3.05) is 0 Å². The van der Waals surface area contributed by atoms with Crippen LogP contribution in [0.3, 0.4) is 0 Å². The van der Waals surface area contributed by atoms with Crippen molar-refractivity contribution in [1.82, 2.24) is 4.98 Å². The molecule has 6 heteroatoms. The van der Waals surface area contributed by atoms with Crippen LogP contribution in [0.2, 0.25) is 0 Å². The van der Waals surface area contributed by atoms with E-state index in [-0.39, 0.29) is 18.3 Å². The van der Waals surface area contributed by atoms with Gasteiger partial charge in [0, 0.05) is 6.20 Å². The summed E-state index contributed by atoms with van der Waals surface area (Å²) in [6.07, 6.45) is 1.84. The number of aromatic nitrogens is 1. The largest absolute Gasteiger partial charge is 0.507 e. The highest BCUT2D eigenvalue weighted by Crippen LogP contribution is 2.36. The maximum atomic E-state index is 5.94. The Hall–Kier alpha value is 0.0949. The Labute approximate surface area is 109 Å². The minimum atomic E-state index is -0.282. The van der Waals surface area contributed by atoms with E-state index in [0.717, 1.165) is 15.1 Å². The van der Waals surface area contributed by atoms with Gasteiger partial charge in [0.15, 0.2) is 0 Å². The van der Waals surface area contributed by atoms with Crippen molar-refractivity contribution in [2.24, 2.45) is 0 Å². The molecule has 1 aliphatic heterocycles. The average molecular weight is 304 g/mol. The second-order valence-electron chi connectivity index (χ2n) is 4.88. The summed E-state index contributed by atoms with van der Waals surface area (Å²) in [5, 5.41) is 1.82. The molecule has 0 unspecified atom stereocenters. The second-order valence-corrected chi connectivity index (χ2v) is 6.59. The molecule has 1 fully saturated rings. The van der Waals surface area contributed by atoms with Crippen LogP contribution in [0.25, 0.3) is 0 Å². The molecule has 0 atom stereocenters. The number of alkyl halides is 1. The van der Waals surface area contributed by atoms with Crippen LogP contribution in [-0.2, 0) is 14.6 Å². The van der Waals surface area contributed by atoms with Gasteiger partial charge < -0.3 is 9.31 Å². The van der Waals surface area contributed by atoms with Crippen LogP contribution in [0, 0.1) is 0 Å². The molecular formula is C10H15BBrNO2S. The van der Waals surface area contributed by atoms with Crippen molar-refractivity contribution in [3.8, 4) is 0 Å². The number of hydrogen-bond donors (Lipinski definition) is 0. The highest BCUT2D eigenvalue weighted by atomic mass is 79.9. The van der Waals surface area contributed by atoms with Gasteiger partial charge in [-0.2, -0.15) is 0 Å².